The Labute approximate surface area is 126 Å². The molecule has 0 saturated carbocycles. The van der Waals surface area contributed by atoms with Crippen LogP contribution >= 0.6 is 0 Å². The quantitative estimate of drug-likeness (QED) is 0.858. The van der Waals surface area contributed by atoms with Crippen molar-refractivity contribution in [2.24, 2.45) is 0 Å². The molecule has 0 aliphatic heterocycles. The van der Waals surface area contributed by atoms with E-state index in [1.807, 2.05) is 6.07 Å². The van der Waals surface area contributed by atoms with E-state index in [9.17, 15) is 9.59 Å². The van der Waals surface area contributed by atoms with Crippen molar-refractivity contribution in [3.05, 3.63) is 54.1 Å². The Morgan fingerprint density at radius 1 is 1.36 bits per heavy atom. The smallest absolute Gasteiger partial charge is 0.359 e. The molecule has 1 unspecified atom stereocenters. The number of anilines is 1. The van der Waals surface area contributed by atoms with Crippen LogP contribution in [0.5, 0.6) is 0 Å². The van der Waals surface area contributed by atoms with Gasteiger partial charge in [-0.1, -0.05) is 6.07 Å². The predicted molar refractivity (Wildman–Crippen MR) is 76.7 cm³/mol. The highest BCUT2D eigenvalue weighted by Crippen LogP contribution is 2.11. The van der Waals surface area contributed by atoms with Crippen LogP contribution in [-0.2, 0) is 9.53 Å². The van der Waals surface area contributed by atoms with Crippen molar-refractivity contribution in [2.75, 3.05) is 5.32 Å². The van der Waals surface area contributed by atoms with Gasteiger partial charge in [0.05, 0.1) is 17.8 Å². The zero-order valence-electron chi connectivity index (χ0n) is 11.7. The number of nitriles is 1. The molecular weight excluding hydrogens is 284 g/mol. The first-order valence-corrected chi connectivity index (χ1v) is 6.38. The Kier molecular flexibility index (Phi) is 4.78. The minimum absolute atomic E-state index is 0.0219. The van der Waals surface area contributed by atoms with Gasteiger partial charge in [-0.3, -0.25) is 9.78 Å². The molecule has 1 aromatic heterocycles. The standard InChI is InChI=1S/C15H12N4O3/c1-10(22-15(21)13-9-17-5-6-18-13)14(20)19-12-4-2-3-11(7-12)8-16/h2-7,9-10H,1H3,(H,19,20). The Hall–Kier alpha value is -3.27. The maximum absolute atomic E-state index is 12.0. The van der Waals surface area contributed by atoms with E-state index in [1.165, 1.54) is 31.6 Å². The zero-order chi connectivity index (χ0) is 15.9. The third-order valence-corrected chi connectivity index (χ3v) is 2.68. The highest BCUT2D eigenvalue weighted by Gasteiger charge is 2.19. The molecule has 0 bridgehead atoms. The number of nitrogens with one attached hydrogen (secondary N) is 1. The van der Waals surface area contributed by atoms with Gasteiger partial charge in [0.2, 0.25) is 0 Å². The number of benzene rings is 1. The summed E-state index contributed by atoms with van der Waals surface area (Å²) in [4.78, 5) is 31.3. The van der Waals surface area contributed by atoms with Crippen LogP contribution in [0.1, 0.15) is 23.0 Å². The van der Waals surface area contributed by atoms with Crippen LogP contribution in [0.25, 0.3) is 0 Å². The molecule has 22 heavy (non-hydrogen) atoms. The second-order valence-corrected chi connectivity index (χ2v) is 4.32. The van der Waals surface area contributed by atoms with E-state index < -0.39 is 18.0 Å². The molecule has 0 saturated heterocycles. The van der Waals surface area contributed by atoms with Crippen molar-refractivity contribution in [3.63, 3.8) is 0 Å². The minimum Gasteiger partial charge on any atom is -0.448 e. The molecule has 7 nitrogen and oxygen atoms in total. The van der Waals surface area contributed by atoms with Crippen LogP contribution in [0.4, 0.5) is 5.69 Å². The summed E-state index contributed by atoms with van der Waals surface area (Å²) >= 11 is 0. The van der Waals surface area contributed by atoms with Gasteiger partial charge in [0.15, 0.2) is 11.8 Å². The van der Waals surface area contributed by atoms with E-state index in [-0.39, 0.29) is 5.69 Å². The molecule has 0 spiro atoms. The third-order valence-electron chi connectivity index (χ3n) is 2.68. The molecule has 1 N–H and O–H groups in total. The lowest BCUT2D eigenvalue weighted by Crippen LogP contribution is -2.30. The van der Waals surface area contributed by atoms with Crippen LogP contribution in [0.3, 0.4) is 0 Å². The Bertz CT molecular complexity index is 725. The normalized spacial score (nSPS) is 11.1. The van der Waals surface area contributed by atoms with Crippen LogP contribution < -0.4 is 5.32 Å². The summed E-state index contributed by atoms with van der Waals surface area (Å²) in [5, 5.41) is 11.4. The number of carbonyl (C=O) groups excluding carboxylic acids is 2. The highest BCUT2D eigenvalue weighted by atomic mass is 16.5. The maximum atomic E-state index is 12.0. The van der Waals surface area contributed by atoms with Crippen molar-refractivity contribution < 1.29 is 14.3 Å². The topological polar surface area (TPSA) is 105 Å². The molecule has 1 atom stereocenters. The van der Waals surface area contributed by atoms with Gasteiger partial charge in [-0.2, -0.15) is 5.26 Å². The van der Waals surface area contributed by atoms with Crippen LogP contribution in [0.2, 0.25) is 0 Å². The molecule has 1 heterocycles. The lowest BCUT2D eigenvalue weighted by Gasteiger charge is -2.13. The van der Waals surface area contributed by atoms with Crippen molar-refractivity contribution >= 4 is 17.6 Å². The number of rotatable bonds is 4. The SMILES string of the molecule is CC(OC(=O)c1cnccn1)C(=O)Nc1cccc(C#N)c1. The number of carbonyl (C=O) groups is 2. The fraction of sp³-hybridized carbons (Fsp3) is 0.133. The van der Waals surface area contributed by atoms with E-state index in [0.717, 1.165) is 0 Å². The lowest BCUT2D eigenvalue weighted by atomic mass is 10.2. The predicted octanol–water partition coefficient (Wildman–Crippen LogP) is 1.53. The fourth-order valence-corrected chi connectivity index (χ4v) is 1.59. The first-order chi connectivity index (χ1) is 10.6. The summed E-state index contributed by atoms with van der Waals surface area (Å²) in [6, 6.07) is 8.39. The Morgan fingerprint density at radius 2 is 2.18 bits per heavy atom. The molecule has 0 fully saturated rings. The van der Waals surface area contributed by atoms with Crippen LogP contribution in [0, 0.1) is 11.3 Å². The average molecular weight is 296 g/mol. The van der Waals surface area contributed by atoms with Crippen molar-refractivity contribution in [3.8, 4) is 6.07 Å². The monoisotopic (exact) mass is 296 g/mol. The molecule has 1 amide bonds. The first kappa shape index (κ1) is 15.1. The van der Waals surface area contributed by atoms with Gasteiger partial charge >= 0.3 is 5.97 Å². The summed E-state index contributed by atoms with van der Waals surface area (Å²) in [6.07, 6.45) is 3.02. The number of hydrogen-bond acceptors (Lipinski definition) is 6. The molecule has 2 rings (SSSR count). The van der Waals surface area contributed by atoms with E-state index >= 15 is 0 Å². The van der Waals surface area contributed by atoms with Gasteiger partial charge in [-0.05, 0) is 25.1 Å². The molecular formula is C15H12N4O3. The van der Waals surface area contributed by atoms with Crippen molar-refractivity contribution in [1.82, 2.24) is 9.97 Å². The number of nitrogens with zero attached hydrogens (tertiary/aromatic N) is 3. The molecule has 0 aliphatic carbocycles. The zero-order valence-corrected chi connectivity index (χ0v) is 11.7. The van der Waals surface area contributed by atoms with E-state index in [1.54, 1.807) is 18.2 Å². The maximum Gasteiger partial charge on any atom is 0.359 e. The van der Waals surface area contributed by atoms with Crippen LogP contribution in [-0.4, -0.2) is 27.9 Å². The molecule has 1 aromatic carbocycles. The van der Waals surface area contributed by atoms with Gasteiger partial charge in [-0.15, -0.1) is 0 Å². The number of esters is 1. The summed E-state index contributed by atoms with van der Waals surface area (Å²) in [5.41, 5.74) is 0.891. The third kappa shape index (κ3) is 3.86. The van der Waals surface area contributed by atoms with Gasteiger partial charge in [0, 0.05) is 18.1 Å². The van der Waals surface area contributed by atoms with Gasteiger partial charge in [-0.25, -0.2) is 9.78 Å². The first-order valence-electron chi connectivity index (χ1n) is 6.38. The van der Waals surface area contributed by atoms with Gasteiger partial charge in [0.25, 0.3) is 5.91 Å². The lowest BCUT2D eigenvalue weighted by molar-refractivity contribution is -0.123. The Morgan fingerprint density at radius 3 is 2.86 bits per heavy atom. The van der Waals surface area contributed by atoms with Crippen molar-refractivity contribution in [1.29, 1.82) is 5.26 Å². The number of amides is 1. The molecule has 2 aromatic rings. The second-order valence-electron chi connectivity index (χ2n) is 4.32. The Balaban J connectivity index is 1.97. The average Bonchev–Trinajstić information content (AvgIpc) is 2.55. The summed E-state index contributed by atoms with van der Waals surface area (Å²) in [7, 11) is 0. The fourth-order valence-electron chi connectivity index (χ4n) is 1.59. The highest BCUT2D eigenvalue weighted by molar-refractivity contribution is 5.96. The summed E-state index contributed by atoms with van der Waals surface area (Å²) < 4.78 is 5.01. The second kappa shape index (κ2) is 6.95. The van der Waals surface area contributed by atoms with Crippen molar-refractivity contribution in [2.45, 2.75) is 13.0 Å². The molecule has 0 aliphatic rings. The van der Waals surface area contributed by atoms with Gasteiger partial charge in [0.1, 0.15) is 0 Å². The minimum atomic E-state index is -1.01. The van der Waals surface area contributed by atoms with E-state index in [0.29, 0.717) is 11.3 Å². The molecule has 110 valence electrons. The van der Waals surface area contributed by atoms with E-state index in [2.05, 4.69) is 15.3 Å². The van der Waals surface area contributed by atoms with E-state index in [4.69, 9.17) is 10.00 Å². The molecule has 0 radical (unpaired) electrons. The number of aromatic nitrogens is 2. The number of ether oxygens (including phenoxy) is 1. The largest absolute Gasteiger partial charge is 0.448 e. The van der Waals surface area contributed by atoms with Crippen LogP contribution in [0.15, 0.2) is 42.9 Å². The number of hydrogen-bond donors (Lipinski definition) is 1. The van der Waals surface area contributed by atoms with Gasteiger partial charge < -0.3 is 10.1 Å². The summed E-state index contributed by atoms with van der Waals surface area (Å²) in [5.74, 6) is -1.24. The summed E-state index contributed by atoms with van der Waals surface area (Å²) in [6.45, 7) is 1.44. The molecule has 7 heteroatoms.